The third-order valence-electron chi connectivity index (χ3n) is 8.52. The van der Waals surface area contributed by atoms with E-state index in [-0.39, 0.29) is 46.0 Å². The van der Waals surface area contributed by atoms with E-state index in [1.165, 1.54) is 35.0 Å². The van der Waals surface area contributed by atoms with Crippen LogP contribution in [0.25, 0.3) is 11.0 Å². The zero-order chi connectivity index (χ0) is 33.8. The van der Waals surface area contributed by atoms with Gasteiger partial charge in [-0.05, 0) is 81.2 Å². The number of likely N-dealkylation sites (N-methyl/N-ethyl adjacent to an activating group) is 1. The van der Waals surface area contributed by atoms with Crippen molar-refractivity contribution in [3.63, 3.8) is 0 Å². The summed E-state index contributed by atoms with van der Waals surface area (Å²) in [5.41, 5.74) is 0.364. The highest BCUT2D eigenvalue weighted by Crippen LogP contribution is 2.26. The number of likely N-dealkylation sites (tertiary alicyclic amines) is 1. The summed E-state index contributed by atoms with van der Waals surface area (Å²) in [4.78, 5) is 38.8. The molecular formula is C34H36F3N5O5S. The zero-order valence-corrected chi connectivity index (χ0v) is 27.2. The lowest BCUT2D eigenvalue weighted by atomic mass is 9.91. The predicted molar refractivity (Wildman–Crippen MR) is 175 cm³/mol. The number of anilines is 2. The van der Waals surface area contributed by atoms with Gasteiger partial charge in [0, 0.05) is 47.8 Å². The summed E-state index contributed by atoms with van der Waals surface area (Å²) in [6.45, 7) is 2.46. The highest BCUT2D eigenvalue weighted by atomic mass is 32.2. The Labute approximate surface area is 277 Å². The van der Waals surface area contributed by atoms with E-state index >= 15 is 0 Å². The molecule has 14 heteroatoms. The Morgan fingerprint density at radius 3 is 2.58 bits per heavy atom. The van der Waals surface area contributed by atoms with Crippen molar-refractivity contribution in [1.29, 1.82) is 0 Å². The number of ether oxygens (including phenoxy) is 2. The molecule has 0 aliphatic carbocycles. The number of ketones is 1. The number of carbonyl (C=O) groups is 1. The number of halogens is 3. The molecule has 0 spiro atoms. The van der Waals surface area contributed by atoms with Crippen LogP contribution < -0.4 is 15.6 Å². The Balaban J connectivity index is 1.34. The van der Waals surface area contributed by atoms with Crippen molar-refractivity contribution in [3.05, 3.63) is 82.3 Å². The Morgan fingerprint density at radius 2 is 1.85 bits per heavy atom. The molecule has 0 radical (unpaired) electrons. The molecule has 6 rings (SSSR count). The van der Waals surface area contributed by atoms with Crippen LogP contribution in [-0.4, -0.2) is 80.8 Å². The van der Waals surface area contributed by atoms with Crippen LogP contribution >= 0.6 is 0 Å². The maximum Gasteiger partial charge on any atom is 0.400 e. The number of pyridine rings is 1. The summed E-state index contributed by atoms with van der Waals surface area (Å²) in [6.07, 6.45) is -0.0427. The van der Waals surface area contributed by atoms with Gasteiger partial charge in [-0.1, -0.05) is 18.2 Å². The molecule has 10 nitrogen and oxygen atoms in total. The van der Waals surface area contributed by atoms with Crippen LogP contribution in [0.15, 0.2) is 70.5 Å². The Hall–Kier alpha value is -4.14. The highest BCUT2D eigenvalue weighted by Gasteiger charge is 2.32. The molecule has 0 saturated carbocycles. The molecule has 1 N–H and O–H groups in total. The van der Waals surface area contributed by atoms with Crippen LogP contribution in [0.4, 0.5) is 24.8 Å². The van der Waals surface area contributed by atoms with Gasteiger partial charge >= 0.3 is 6.18 Å². The molecule has 48 heavy (non-hydrogen) atoms. The van der Waals surface area contributed by atoms with E-state index in [2.05, 4.69) is 27.2 Å². The van der Waals surface area contributed by atoms with Gasteiger partial charge in [0.05, 0.1) is 22.9 Å². The van der Waals surface area contributed by atoms with Crippen LogP contribution in [0.3, 0.4) is 0 Å². The van der Waals surface area contributed by atoms with Crippen molar-refractivity contribution in [3.8, 4) is 5.75 Å². The predicted octanol–water partition coefficient (Wildman–Crippen LogP) is 5.34. The summed E-state index contributed by atoms with van der Waals surface area (Å²) in [5.74, 6) is -1.37. The van der Waals surface area contributed by atoms with Gasteiger partial charge in [0.25, 0.3) is 5.56 Å². The number of aromatic nitrogens is 3. The van der Waals surface area contributed by atoms with Crippen LogP contribution in [0.1, 0.15) is 41.6 Å². The molecule has 0 bridgehead atoms. The second kappa shape index (κ2) is 14.5. The number of rotatable bonds is 10. The molecule has 0 amide bonds. The van der Waals surface area contributed by atoms with Crippen molar-refractivity contribution >= 4 is 39.3 Å². The minimum absolute atomic E-state index is 0.0504. The SMILES string of the molecule is CN1CCCC(Oc2ccc(Nc3ncc4cc(C(=O)C5CCOCC5)c(=O)n(Cc5ccccc5S(=O)CC(F)(F)F)c4n3)cc2)C1. The molecule has 2 aromatic heterocycles. The number of benzene rings is 2. The first-order chi connectivity index (χ1) is 23.0. The molecule has 2 fully saturated rings. The third kappa shape index (κ3) is 8.10. The molecule has 2 aliphatic heterocycles. The number of hydrogen-bond acceptors (Lipinski definition) is 9. The molecule has 4 aromatic rings. The van der Waals surface area contributed by atoms with Gasteiger partial charge in [0.2, 0.25) is 5.95 Å². The molecule has 2 saturated heterocycles. The Morgan fingerprint density at radius 1 is 1.10 bits per heavy atom. The third-order valence-corrected chi connectivity index (χ3v) is 10.00. The van der Waals surface area contributed by atoms with Gasteiger partial charge in [-0.15, -0.1) is 0 Å². The minimum atomic E-state index is -4.65. The minimum Gasteiger partial charge on any atom is -0.489 e. The largest absolute Gasteiger partial charge is 0.489 e. The molecule has 2 aliphatic rings. The lowest BCUT2D eigenvalue weighted by Crippen LogP contribution is -2.38. The maximum absolute atomic E-state index is 14.0. The second-order valence-electron chi connectivity index (χ2n) is 12.2. The molecule has 2 aromatic carbocycles. The molecule has 2 unspecified atom stereocenters. The Kier molecular flexibility index (Phi) is 10.2. The number of alkyl halides is 3. The van der Waals surface area contributed by atoms with Gasteiger partial charge in [0.15, 0.2) is 5.78 Å². The lowest BCUT2D eigenvalue weighted by molar-refractivity contribution is -0.105. The number of hydrogen-bond donors (Lipinski definition) is 1. The van der Waals surface area contributed by atoms with Gasteiger partial charge in [-0.3, -0.25) is 18.4 Å². The normalized spacial score (nSPS) is 18.5. The summed E-state index contributed by atoms with van der Waals surface area (Å²) < 4.78 is 65.1. The van der Waals surface area contributed by atoms with E-state index in [1.54, 1.807) is 6.07 Å². The fourth-order valence-corrected chi connectivity index (χ4v) is 7.24. The number of nitrogens with zero attached hydrogens (tertiary/aromatic N) is 4. The average molecular weight is 684 g/mol. The van der Waals surface area contributed by atoms with Crippen LogP contribution in [0.2, 0.25) is 0 Å². The van der Waals surface area contributed by atoms with Crippen molar-refractivity contribution in [2.24, 2.45) is 5.92 Å². The smallest absolute Gasteiger partial charge is 0.400 e. The monoisotopic (exact) mass is 683 g/mol. The van der Waals surface area contributed by atoms with E-state index in [0.717, 1.165) is 31.7 Å². The average Bonchev–Trinajstić information content (AvgIpc) is 3.06. The number of piperidine rings is 1. The van der Waals surface area contributed by atoms with E-state index in [4.69, 9.17) is 9.47 Å². The van der Waals surface area contributed by atoms with E-state index in [9.17, 15) is 27.0 Å². The van der Waals surface area contributed by atoms with Gasteiger partial charge < -0.3 is 19.7 Å². The van der Waals surface area contributed by atoms with Gasteiger partial charge in [0.1, 0.15) is 23.3 Å². The van der Waals surface area contributed by atoms with E-state index in [0.29, 0.717) is 37.1 Å². The molecular weight excluding hydrogens is 647 g/mol. The summed E-state index contributed by atoms with van der Waals surface area (Å²) >= 11 is 0. The first kappa shape index (κ1) is 33.7. The summed E-state index contributed by atoms with van der Waals surface area (Å²) in [7, 11) is -0.339. The van der Waals surface area contributed by atoms with Crippen molar-refractivity contribution in [2.45, 2.75) is 49.4 Å². The summed E-state index contributed by atoms with van der Waals surface area (Å²) in [5, 5.41) is 3.53. The summed E-state index contributed by atoms with van der Waals surface area (Å²) in [6, 6.07) is 14.8. The Bertz CT molecular complexity index is 1860. The molecule has 2 atom stereocenters. The molecule has 4 heterocycles. The van der Waals surface area contributed by atoms with Crippen molar-refractivity contribution in [2.75, 3.05) is 44.4 Å². The van der Waals surface area contributed by atoms with Crippen LogP contribution in [0, 0.1) is 5.92 Å². The fourth-order valence-electron chi connectivity index (χ4n) is 6.13. The quantitative estimate of drug-likeness (QED) is 0.222. The zero-order valence-electron chi connectivity index (χ0n) is 26.4. The van der Waals surface area contributed by atoms with Gasteiger partial charge in [-0.25, -0.2) is 4.98 Å². The van der Waals surface area contributed by atoms with Crippen molar-refractivity contribution < 1.29 is 31.6 Å². The molecule has 254 valence electrons. The highest BCUT2D eigenvalue weighted by molar-refractivity contribution is 7.85. The van der Waals surface area contributed by atoms with Crippen LogP contribution in [0.5, 0.6) is 5.75 Å². The lowest BCUT2D eigenvalue weighted by Gasteiger charge is -2.30. The van der Waals surface area contributed by atoms with Crippen LogP contribution in [-0.2, 0) is 22.1 Å². The number of Topliss-reactive ketones (excluding diaryl/α,β-unsaturated/α-hetero) is 1. The number of nitrogens with one attached hydrogen (secondary N) is 1. The standard InChI is InChI=1S/C34H36F3N5O5S/c1-41-14-4-6-27(20-41)47-26-10-8-25(9-11-26)39-33-38-18-24-17-28(30(43)22-12-15-46-16-13-22)32(44)42(31(24)40-33)19-23-5-2-3-7-29(23)48(45)21-34(35,36)37/h2-3,5,7-11,17-18,22,27H,4,6,12-16,19-21H2,1H3,(H,38,39,40). The van der Waals surface area contributed by atoms with Gasteiger partial charge in [-0.2, -0.15) is 18.2 Å². The van der Waals surface area contributed by atoms with E-state index < -0.39 is 34.2 Å². The van der Waals surface area contributed by atoms with Crippen molar-refractivity contribution in [1.82, 2.24) is 19.4 Å². The second-order valence-corrected chi connectivity index (χ2v) is 13.6. The number of fused-ring (bicyclic) bond motifs is 1. The topological polar surface area (TPSA) is 116 Å². The van der Waals surface area contributed by atoms with E-state index in [1.807, 2.05) is 24.3 Å². The first-order valence-electron chi connectivity index (χ1n) is 15.8. The fraction of sp³-hybridized carbons (Fsp3) is 0.412. The maximum atomic E-state index is 14.0. The first-order valence-corrected chi connectivity index (χ1v) is 17.1. The number of carbonyl (C=O) groups excluding carboxylic acids is 1.